The molecular weight excluding hydrogens is 224 g/mol. The Morgan fingerprint density at radius 1 is 1.28 bits per heavy atom. The molecule has 0 saturated carbocycles. The summed E-state index contributed by atoms with van der Waals surface area (Å²) in [5, 5.41) is 3.42. The average Bonchev–Trinajstić information content (AvgIpc) is 2.34. The van der Waals surface area contributed by atoms with Crippen LogP contribution in [0.1, 0.15) is 44.2 Å². The van der Waals surface area contributed by atoms with Crippen molar-refractivity contribution in [1.29, 1.82) is 0 Å². The zero-order valence-corrected chi connectivity index (χ0v) is 12.0. The van der Waals surface area contributed by atoms with Crippen LogP contribution in [0.5, 0.6) is 5.75 Å². The molecule has 0 fully saturated rings. The number of ether oxygens (including phenoxy) is 1. The van der Waals surface area contributed by atoms with Crippen molar-refractivity contribution in [3.8, 4) is 5.75 Å². The first-order valence-corrected chi connectivity index (χ1v) is 6.67. The van der Waals surface area contributed by atoms with Crippen LogP contribution in [0.25, 0.3) is 0 Å². The van der Waals surface area contributed by atoms with Gasteiger partial charge in [-0.2, -0.15) is 0 Å². The molecule has 18 heavy (non-hydrogen) atoms. The molecule has 1 aromatic rings. The summed E-state index contributed by atoms with van der Waals surface area (Å²) in [4.78, 5) is 0. The fourth-order valence-electron chi connectivity index (χ4n) is 1.91. The molecular formula is C15H26N2O. The smallest absolute Gasteiger partial charge is 0.122 e. The normalized spacial score (nSPS) is 12.8. The van der Waals surface area contributed by atoms with Gasteiger partial charge in [-0.05, 0) is 43.0 Å². The van der Waals surface area contributed by atoms with Crippen LogP contribution in [-0.4, -0.2) is 19.7 Å². The quantitative estimate of drug-likeness (QED) is 0.731. The lowest BCUT2D eigenvalue weighted by Gasteiger charge is -2.14. The number of benzene rings is 1. The molecule has 0 saturated heterocycles. The summed E-state index contributed by atoms with van der Waals surface area (Å²) in [7, 11) is 1.72. The predicted molar refractivity (Wildman–Crippen MR) is 77.1 cm³/mol. The molecule has 0 bridgehead atoms. The first-order valence-electron chi connectivity index (χ1n) is 6.67. The second kappa shape index (κ2) is 7.39. The first-order chi connectivity index (χ1) is 8.54. The minimum Gasteiger partial charge on any atom is -0.496 e. The summed E-state index contributed by atoms with van der Waals surface area (Å²) in [6.45, 7) is 8.25. The highest BCUT2D eigenvalue weighted by atomic mass is 16.5. The van der Waals surface area contributed by atoms with Crippen LogP contribution in [0.2, 0.25) is 0 Å². The molecule has 0 aliphatic carbocycles. The summed E-state index contributed by atoms with van der Waals surface area (Å²) in [5.74, 6) is 1.45. The van der Waals surface area contributed by atoms with Crippen molar-refractivity contribution >= 4 is 0 Å². The van der Waals surface area contributed by atoms with Crippen molar-refractivity contribution in [2.24, 2.45) is 5.73 Å². The number of methoxy groups -OCH3 is 1. The Kier molecular flexibility index (Phi) is 6.16. The molecule has 3 N–H and O–H groups in total. The molecule has 0 aliphatic heterocycles. The van der Waals surface area contributed by atoms with E-state index >= 15 is 0 Å². The van der Waals surface area contributed by atoms with Crippen LogP contribution >= 0.6 is 0 Å². The monoisotopic (exact) mass is 250 g/mol. The number of nitrogens with one attached hydrogen (secondary N) is 1. The predicted octanol–water partition coefficient (Wildman–Crippen LogP) is 2.65. The van der Waals surface area contributed by atoms with Crippen LogP contribution < -0.4 is 15.8 Å². The Morgan fingerprint density at radius 2 is 2.00 bits per heavy atom. The van der Waals surface area contributed by atoms with E-state index in [1.165, 1.54) is 11.1 Å². The van der Waals surface area contributed by atoms with Crippen LogP contribution in [0, 0.1) is 0 Å². The van der Waals surface area contributed by atoms with E-state index in [1.54, 1.807) is 7.11 Å². The number of hydrogen-bond donors (Lipinski definition) is 2. The number of nitrogens with two attached hydrogens (primary N) is 1. The molecule has 0 heterocycles. The van der Waals surface area contributed by atoms with Gasteiger partial charge in [0, 0.05) is 12.6 Å². The molecule has 0 aliphatic rings. The molecule has 1 aromatic carbocycles. The minimum atomic E-state index is 0.264. The van der Waals surface area contributed by atoms with Gasteiger partial charge in [-0.1, -0.05) is 26.0 Å². The first kappa shape index (κ1) is 15.0. The zero-order valence-electron chi connectivity index (χ0n) is 12.0. The average molecular weight is 250 g/mol. The molecule has 3 nitrogen and oxygen atoms in total. The number of rotatable bonds is 7. The van der Waals surface area contributed by atoms with Crippen LogP contribution in [-0.2, 0) is 6.54 Å². The summed E-state index contributed by atoms with van der Waals surface area (Å²) in [6, 6.07) is 6.66. The van der Waals surface area contributed by atoms with E-state index in [4.69, 9.17) is 10.5 Å². The van der Waals surface area contributed by atoms with Gasteiger partial charge in [-0.25, -0.2) is 0 Å². The van der Waals surface area contributed by atoms with Gasteiger partial charge in [0.05, 0.1) is 7.11 Å². The van der Waals surface area contributed by atoms with E-state index < -0.39 is 0 Å². The standard InChI is InChI=1S/C15H26N2O/c1-11(2)14-9-13(5-6-15(14)18-4)10-17-8-7-12(3)16/h5-6,9,11-12,17H,7-8,10,16H2,1-4H3. The van der Waals surface area contributed by atoms with Gasteiger partial charge in [0.25, 0.3) is 0 Å². The largest absolute Gasteiger partial charge is 0.496 e. The van der Waals surface area contributed by atoms with Crippen molar-refractivity contribution in [1.82, 2.24) is 5.32 Å². The SMILES string of the molecule is COc1ccc(CNCCC(C)N)cc1C(C)C. The van der Waals surface area contributed by atoms with E-state index in [0.29, 0.717) is 5.92 Å². The van der Waals surface area contributed by atoms with Crippen LogP contribution in [0.3, 0.4) is 0 Å². The minimum absolute atomic E-state index is 0.264. The molecule has 1 atom stereocenters. The van der Waals surface area contributed by atoms with Gasteiger partial charge in [0.2, 0.25) is 0 Å². The second-order valence-electron chi connectivity index (χ2n) is 5.17. The fourth-order valence-corrected chi connectivity index (χ4v) is 1.91. The van der Waals surface area contributed by atoms with Gasteiger partial charge in [0.1, 0.15) is 5.75 Å². The molecule has 0 aromatic heterocycles. The van der Waals surface area contributed by atoms with Crippen LogP contribution in [0.4, 0.5) is 0 Å². The molecule has 0 spiro atoms. The van der Waals surface area contributed by atoms with Gasteiger partial charge >= 0.3 is 0 Å². The number of hydrogen-bond acceptors (Lipinski definition) is 3. The van der Waals surface area contributed by atoms with Gasteiger partial charge in [-0.15, -0.1) is 0 Å². The van der Waals surface area contributed by atoms with Crippen molar-refractivity contribution < 1.29 is 4.74 Å². The molecule has 1 unspecified atom stereocenters. The summed E-state index contributed by atoms with van der Waals surface area (Å²) in [6.07, 6.45) is 1.01. The maximum absolute atomic E-state index is 5.72. The second-order valence-corrected chi connectivity index (χ2v) is 5.17. The fraction of sp³-hybridized carbons (Fsp3) is 0.600. The topological polar surface area (TPSA) is 47.3 Å². The highest BCUT2D eigenvalue weighted by Crippen LogP contribution is 2.27. The Bertz CT molecular complexity index is 362. The summed E-state index contributed by atoms with van der Waals surface area (Å²) >= 11 is 0. The van der Waals surface area contributed by atoms with E-state index in [-0.39, 0.29) is 6.04 Å². The van der Waals surface area contributed by atoms with Gasteiger partial charge in [0.15, 0.2) is 0 Å². The Morgan fingerprint density at radius 3 is 2.56 bits per heavy atom. The van der Waals surface area contributed by atoms with E-state index in [1.807, 2.05) is 6.92 Å². The third-order valence-electron chi connectivity index (χ3n) is 3.02. The third-order valence-corrected chi connectivity index (χ3v) is 3.02. The van der Waals surface area contributed by atoms with E-state index in [0.717, 1.165) is 25.3 Å². The van der Waals surface area contributed by atoms with E-state index in [9.17, 15) is 0 Å². The maximum atomic E-state index is 5.72. The van der Waals surface area contributed by atoms with Gasteiger partial charge in [-0.3, -0.25) is 0 Å². The van der Waals surface area contributed by atoms with Crippen molar-refractivity contribution in [2.75, 3.05) is 13.7 Å². The molecule has 0 amide bonds. The van der Waals surface area contributed by atoms with Crippen LogP contribution in [0.15, 0.2) is 18.2 Å². The molecule has 1 rings (SSSR count). The Balaban J connectivity index is 2.59. The highest BCUT2D eigenvalue weighted by molar-refractivity contribution is 5.39. The molecule has 3 heteroatoms. The lowest BCUT2D eigenvalue weighted by molar-refractivity contribution is 0.407. The Labute approximate surface area is 111 Å². The molecule has 0 radical (unpaired) electrons. The Hall–Kier alpha value is -1.06. The molecule has 102 valence electrons. The van der Waals surface area contributed by atoms with Crippen molar-refractivity contribution in [3.63, 3.8) is 0 Å². The van der Waals surface area contributed by atoms with Gasteiger partial charge < -0.3 is 15.8 Å². The van der Waals surface area contributed by atoms with Crippen molar-refractivity contribution in [3.05, 3.63) is 29.3 Å². The summed E-state index contributed by atoms with van der Waals surface area (Å²) < 4.78 is 5.38. The lowest BCUT2D eigenvalue weighted by Crippen LogP contribution is -2.23. The van der Waals surface area contributed by atoms with E-state index in [2.05, 4.69) is 37.4 Å². The third kappa shape index (κ3) is 4.67. The zero-order chi connectivity index (χ0) is 13.5. The lowest BCUT2D eigenvalue weighted by atomic mass is 9.99. The maximum Gasteiger partial charge on any atom is 0.122 e. The van der Waals surface area contributed by atoms with Crippen molar-refractivity contribution in [2.45, 2.75) is 45.7 Å². The highest BCUT2D eigenvalue weighted by Gasteiger charge is 2.08. The summed E-state index contributed by atoms with van der Waals surface area (Å²) in [5.41, 5.74) is 8.28.